The molecular formula is C20H24FN3O2. The van der Waals surface area contributed by atoms with Gasteiger partial charge in [-0.25, -0.2) is 4.39 Å². The minimum absolute atomic E-state index is 0.0919. The van der Waals surface area contributed by atoms with Crippen molar-refractivity contribution in [2.24, 2.45) is 0 Å². The zero-order valence-electron chi connectivity index (χ0n) is 14.8. The minimum atomic E-state index is -0.267. The van der Waals surface area contributed by atoms with Crippen LogP contribution in [0.3, 0.4) is 0 Å². The monoisotopic (exact) mass is 357 g/mol. The van der Waals surface area contributed by atoms with Crippen LogP contribution in [0.1, 0.15) is 24.0 Å². The highest BCUT2D eigenvalue weighted by Crippen LogP contribution is 2.11. The summed E-state index contributed by atoms with van der Waals surface area (Å²) in [7, 11) is 0. The topological polar surface area (TPSA) is 56.4 Å². The maximum atomic E-state index is 12.9. The Kier molecular flexibility index (Phi) is 6.04. The van der Waals surface area contributed by atoms with Gasteiger partial charge >= 0.3 is 0 Å². The lowest BCUT2D eigenvalue weighted by Gasteiger charge is -2.22. The smallest absolute Gasteiger partial charge is 0.227 e. The molecule has 1 N–H and O–H groups in total. The fraction of sp³-hybridized carbons (Fsp3) is 0.400. The average molecular weight is 357 g/mol. The van der Waals surface area contributed by atoms with Gasteiger partial charge in [-0.3, -0.25) is 9.59 Å². The van der Waals surface area contributed by atoms with Crippen molar-refractivity contribution in [3.8, 4) is 0 Å². The molecule has 0 unspecified atom stereocenters. The highest BCUT2D eigenvalue weighted by atomic mass is 19.1. The molecule has 26 heavy (non-hydrogen) atoms. The first kappa shape index (κ1) is 18.2. The van der Waals surface area contributed by atoms with Crippen molar-refractivity contribution in [3.63, 3.8) is 0 Å². The lowest BCUT2D eigenvalue weighted by Crippen LogP contribution is -2.38. The number of aryl methyl sites for hydroxylation is 1. The number of carbonyl (C=O) groups is 2. The molecule has 0 atom stereocenters. The molecule has 2 amide bonds. The van der Waals surface area contributed by atoms with Crippen molar-refractivity contribution >= 4 is 11.8 Å². The summed E-state index contributed by atoms with van der Waals surface area (Å²) in [4.78, 5) is 31.5. The molecule has 2 aromatic rings. The van der Waals surface area contributed by atoms with E-state index in [4.69, 9.17) is 0 Å². The number of hydrogen-bond donors (Lipinski definition) is 1. The van der Waals surface area contributed by atoms with E-state index in [1.165, 1.54) is 12.1 Å². The quantitative estimate of drug-likeness (QED) is 0.893. The van der Waals surface area contributed by atoms with Gasteiger partial charge in [0.05, 0.1) is 6.42 Å². The largest absolute Gasteiger partial charge is 0.367 e. The van der Waals surface area contributed by atoms with Crippen molar-refractivity contribution in [3.05, 3.63) is 59.7 Å². The number of aromatic amines is 1. The lowest BCUT2D eigenvalue weighted by molar-refractivity contribution is -0.133. The number of carbonyl (C=O) groups excluding carboxylic acids is 2. The van der Waals surface area contributed by atoms with E-state index in [0.717, 1.165) is 17.5 Å². The van der Waals surface area contributed by atoms with Gasteiger partial charge in [-0.15, -0.1) is 0 Å². The van der Waals surface area contributed by atoms with Gasteiger partial charge in [-0.2, -0.15) is 0 Å². The van der Waals surface area contributed by atoms with Gasteiger partial charge in [-0.1, -0.05) is 12.1 Å². The molecule has 1 aromatic heterocycles. The van der Waals surface area contributed by atoms with Gasteiger partial charge in [0.1, 0.15) is 5.82 Å². The third kappa shape index (κ3) is 4.94. The van der Waals surface area contributed by atoms with E-state index in [0.29, 0.717) is 45.4 Å². The number of amides is 2. The zero-order valence-corrected chi connectivity index (χ0v) is 14.8. The van der Waals surface area contributed by atoms with Crippen LogP contribution >= 0.6 is 0 Å². The highest BCUT2D eigenvalue weighted by Gasteiger charge is 2.22. The zero-order chi connectivity index (χ0) is 18.4. The van der Waals surface area contributed by atoms with Crippen molar-refractivity contribution in [2.75, 3.05) is 26.2 Å². The van der Waals surface area contributed by atoms with Gasteiger partial charge in [0, 0.05) is 45.0 Å². The highest BCUT2D eigenvalue weighted by molar-refractivity contribution is 5.79. The van der Waals surface area contributed by atoms with E-state index in [9.17, 15) is 14.0 Å². The van der Waals surface area contributed by atoms with Crippen LogP contribution in [0.5, 0.6) is 0 Å². The van der Waals surface area contributed by atoms with Gasteiger partial charge in [0.2, 0.25) is 11.8 Å². The Hall–Kier alpha value is -2.63. The number of aromatic nitrogens is 1. The molecule has 1 fully saturated rings. The van der Waals surface area contributed by atoms with Crippen LogP contribution in [-0.2, 0) is 22.4 Å². The van der Waals surface area contributed by atoms with Gasteiger partial charge < -0.3 is 14.8 Å². The molecule has 1 aromatic carbocycles. The fourth-order valence-electron chi connectivity index (χ4n) is 3.23. The van der Waals surface area contributed by atoms with Crippen LogP contribution in [0.4, 0.5) is 4.39 Å². The number of nitrogens with zero attached hydrogens (tertiary/aromatic N) is 2. The van der Waals surface area contributed by atoms with Gasteiger partial charge in [0.25, 0.3) is 0 Å². The van der Waals surface area contributed by atoms with E-state index in [1.54, 1.807) is 12.1 Å². The van der Waals surface area contributed by atoms with Crippen LogP contribution in [0.25, 0.3) is 0 Å². The summed E-state index contributed by atoms with van der Waals surface area (Å²) >= 11 is 0. The second-order valence-corrected chi connectivity index (χ2v) is 6.64. The molecule has 6 heteroatoms. The SMILES string of the molecule is O=C(CCc1ccc(F)cc1)N1CCCN(C(=O)Cc2cc[nH]c2)CC1. The van der Waals surface area contributed by atoms with Gasteiger partial charge in [-0.05, 0) is 42.2 Å². The first-order chi connectivity index (χ1) is 12.6. The van der Waals surface area contributed by atoms with E-state index in [-0.39, 0.29) is 17.6 Å². The van der Waals surface area contributed by atoms with Crippen LogP contribution in [-0.4, -0.2) is 52.8 Å². The van der Waals surface area contributed by atoms with Crippen LogP contribution in [0.2, 0.25) is 0 Å². The van der Waals surface area contributed by atoms with Crippen LogP contribution in [0, 0.1) is 5.82 Å². The Labute approximate surface area is 152 Å². The maximum Gasteiger partial charge on any atom is 0.227 e. The third-order valence-corrected chi connectivity index (χ3v) is 4.76. The summed E-state index contributed by atoms with van der Waals surface area (Å²) < 4.78 is 12.9. The predicted molar refractivity (Wildman–Crippen MR) is 97.0 cm³/mol. The molecule has 0 spiro atoms. The Morgan fingerprint density at radius 2 is 1.62 bits per heavy atom. The van der Waals surface area contributed by atoms with Crippen molar-refractivity contribution < 1.29 is 14.0 Å². The Morgan fingerprint density at radius 1 is 0.923 bits per heavy atom. The molecule has 2 heterocycles. The summed E-state index contributed by atoms with van der Waals surface area (Å²) in [5, 5.41) is 0. The second-order valence-electron chi connectivity index (χ2n) is 6.64. The van der Waals surface area contributed by atoms with E-state index in [1.807, 2.05) is 28.3 Å². The summed E-state index contributed by atoms with van der Waals surface area (Å²) in [6, 6.07) is 8.17. The molecule has 1 saturated heterocycles. The van der Waals surface area contributed by atoms with Crippen LogP contribution in [0.15, 0.2) is 42.7 Å². The first-order valence-electron chi connectivity index (χ1n) is 9.03. The van der Waals surface area contributed by atoms with Gasteiger partial charge in [0.15, 0.2) is 0 Å². The molecule has 0 bridgehead atoms. The van der Waals surface area contributed by atoms with E-state index >= 15 is 0 Å². The molecule has 1 aliphatic rings. The summed E-state index contributed by atoms with van der Waals surface area (Å²) in [6.45, 7) is 2.51. The molecule has 5 nitrogen and oxygen atoms in total. The van der Waals surface area contributed by atoms with Crippen molar-refractivity contribution in [1.29, 1.82) is 0 Å². The Balaban J connectivity index is 1.47. The molecule has 1 aliphatic heterocycles. The number of nitrogens with one attached hydrogen (secondary N) is 1. The minimum Gasteiger partial charge on any atom is -0.367 e. The maximum absolute atomic E-state index is 12.9. The molecule has 0 saturated carbocycles. The molecule has 0 aliphatic carbocycles. The number of rotatable bonds is 5. The number of hydrogen-bond acceptors (Lipinski definition) is 2. The molecule has 0 radical (unpaired) electrons. The Morgan fingerprint density at radius 3 is 2.27 bits per heavy atom. The van der Waals surface area contributed by atoms with Crippen LogP contribution < -0.4 is 0 Å². The number of halogens is 1. The van der Waals surface area contributed by atoms with E-state index in [2.05, 4.69) is 4.98 Å². The molecule has 138 valence electrons. The Bertz CT molecular complexity index is 728. The molecular weight excluding hydrogens is 333 g/mol. The lowest BCUT2D eigenvalue weighted by atomic mass is 10.1. The number of benzene rings is 1. The summed E-state index contributed by atoms with van der Waals surface area (Å²) in [5.41, 5.74) is 1.93. The standard InChI is InChI=1S/C20H24FN3O2/c21-18-5-2-16(3-6-18)4-7-19(25)23-10-1-11-24(13-12-23)20(26)14-17-8-9-22-15-17/h2-3,5-6,8-9,15,22H,1,4,7,10-14H2. The average Bonchev–Trinajstić information content (AvgIpc) is 3.02. The normalized spacial score (nSPS) is 15.0. The third-order valence-electron chi connectivity index (χ3n) is 4.76. The summed E-state index contributed by atoms with van der Waals surface area (Å²) in [5.74, 6) is -0.0727. The second kappa shape index (κ2) is 8.65. The van der Waals surface area contributed by atoms with E-state index < -0.39 is 0 Å². The summed E-state index contributed by atoms with van der Waals surface area (Å²) in [6.07, 6.45) is 5.84. The van der Waals surface area contributed by atoms with Crippen molar-refractivity contribution in [1.82, 2.24) is 14.8 Å². The fourth-order valence-corrected chi connectivity index (χ4v) is 3.23. The molecule has 3 rings (SSSR count). The van der Waals surface area contributed by atoms with Crippen molar-refractivity contribution in [2.45, 2.75) is 25.7 Å². The first-order valence-corrected chi connectivity index (χ1v) is 9.03. The predicted octanol–water partition coefficient (Wildman–Crippen LogP) is 2.39. The number of H-pyrrole nitrogens is 1.